The molecule has 0 saturated heterocycles. The highest BCUT2D eigenvalue weighted by molar-refractivity contribution is 7.16. The van der Waals surface area contributed by atoms with Crippen molar-refractivity contribution in [1.82, 2.24) is 9.97 Å². The van der Waals surface area contributed by atoms with Gasteiger partial charge in [0, 0.05) is 6.54 Å². The fourth-order valence-electron chi connectivity index (χ4n) is 1.95. The molecule has 0 aliphatic rings. The predicted molar refractivity (Wildman–Crippen MR) is 82.0 cm³/mol. The number of nitrogens with one attached hydrogen (secondary N) is 1. The van der Waals surface area contributed by atoms with Crippen LogP contribution in [-0.4, -0.2) is 16.5 Å². The van der Waals surface area contributed by atoms with Crippen molar-refractivity contribution in [1.29, 1.82) is 0 Å². The Morgan fingerprint density at radius 2 is 2.15 bits per heavy atom. The Morgan fingerprint density at radius 3 is 2.95 bits per heavy atom. The molecule has 20 heavy (non-hydrogen) atoms. The Morgan fingerprint density at radius 1 is 1.30 bits per heavy atom. The summed E-state index contributed by atoms with van der Waals surface area (Å²) < 4.78 is 14.1. The minimum Gasteiger partial charge on any atom is -0.370 e. The number of benzene rings is 1. The fourth-order valence-corrected chi connectivity index (χ4v) is 2.89. The smallest absolute Gasteiger partial charge is 0.166 e. The lowest BCUT2D eigenvalue weighted by molar-refractivity contribution is 0.630. The number of nitrogens with zero attached hydrogens (tertiary/aromatic N) is 2. The van der Waals surface area contributed by atoms with Gasteiger partial charge in [-0.1, -0.05) is 17.7 Å². The fraction of sp³-hybridized carbons (Fsp3) is 0.143. The molecule has 3 nitrogen and oxygen atoms in total. The summed E-state index contributed by atoms with van der Waals surface area (Å²) in [6, 6.07) is 6.78. The number of hydrogen-bond acceptors (Lipinski definition) is 4. The summed E-state index contributed by atoms with van der Waals surface area (Å²) in [5.74, 6) is 0.566. The summed E-state index contributed by atoms with van der Waals surface area (Å²) in [4.78, 5) is 9.66. The van der Waals surface area contributed by atoms with E-state index in [9.17, 15) is 4.39 Å². The SMILES string of the molecule is CCNc1nc(-c2cccc(Cl)c2F)nc2sccc12. The zero-order valence-corrected chi connectivity index (χ0v) is 12.2. The van der Waals surface area contributed by atoms with Gasteiger partial charge in [-0.3, -0.25) is 0 Å². The summed E-state index contributed by atoms with van der Waals surface area (Å²) in [5, 5.41) is 6.14. The molecule has 3 rings (SSSR count). The van der Waals surface area contributed by atoms with Crippen LogP contribution < -0.4 is 5.32 Å². The first-order valence-corrected chi connectivity index (χ1v) is 7.40. The molecule has 1 aromatic carbocycles. The van der Waals surface area contributed by atoms with Crippen LogP contribution in [-0.2, 0) is 0 Å². The van der Waals surface area contributed by atoms with Crippen molar-refractivity contribution in [2.24, 2.45) is 0 Å². The van der Waals surface area contributed by atoms with Crippen LogP contribution in [0.2, 0.25) is 5.02 Å². The molecule has 6 heteroatoms. The summed E-state index contributed by atoms with van der Waals surface area (Å²) in [6.45, 7) is 2.72. The Balaban J connectivity index is 2.23. The van der Waals surface area contributed by atoms with Crippen LogP contribution >= 0.6 is 22.9 Å². The van der Waals surface area contributed by atoms with Crippen molar-refractivity contribution in [3.63, 3.8) is 0 Å². The Labute approximate surface area is 124 Å². The number of thiophene rings is 1. The third kappa shape index (κ3) is 2.23. The van der Waals surface area contributed by atoms with E-state index in [0.29, 0.717) is 17.2 Å². The van der Waals surface area contributed by atoms with Crippen molar-refractivity contribution in [2.75, 3.05) is 11.9 Å². The van der Waals surface area contributed by atoms with Crippen molar-refractivity contribution in [3.8, 4) is 11.4 Å². The molecule has 102 valence electrons. The Hall–Kier alpha value is -1.72. The quantitative estimate of drug-likeness (QED) is 0.769. The zero-order valence-electron chi connectivity index (χ0n) is 10.7. The zero-order chi connectivity index (χ0) is 14.1. The largest absolute Gasteiger partial charge is 0.370 e. The van der Waals surface area contributed by atoms with Crippen LogP contribution in [0.4, 0.5) is 10.2 Å². The molecule has 0 unspecified atom stereocenters. The highest BCUT2D eigenvalue weighted by Gasteiger charge is 2.14. The van der Waals surface area contributed by atoms with E-state index in [-0.39, 0.29) is 5.02 Å². The van der Waals surface area contributed by atoms with Gasteiger partial charge < -0.3 is 5.32 Å². The first-order valence-electron chi connectivity index (χ1n) is 6.14. The molecule has 1 N–H and O–H groups in total. The van der Waals surface area contributed by atoms with E-state index < -0.39 is 5.82 Å². The Bertz CT molecular complexity index is 772. The molecular weight excluding hydrogens is 297 g/mol. The van der Waals surface area contributed by atoms with Crippen molar-refractivity contribution < 1.29 is 4.39 Å². The van der Waals surface area contributed by atoms with E-state index in [4.69, 9.17) is 11.6 Å². The van der Waals surface area contributed by atoms with Crippen LogP contribution in [0.25, 0.3) is 21.6 Å². The van der Waals surface area contributed by atoms with E-state index in [0.717, 1.165) is 16.8 Å². The third-order valence-corrected chi connectivity index (χ3v) is 3.96. The molecule has 3 aromatic rings. The van der Waals surface area contributed by atoms with Gasteiger partial charge in [-0.05, 0) is 30.5 Å². The maximum Gasteiger partial charge on any atom is 0.166 e. The van der Waals surface area contributed by atoms with Gasteiger partial charge in [0.1, 0.15) is 10.6 Å². The van der Waals surface area contributed by atoms with E-state index in [1.165, 1.54) is 17.4 Å². The lowest BCUT2D eigenvalue weighted by atomic mass is 10.2. The highest BCUT2D eigenvalue weighted by atomic mass is 35.5. The molecular formula is C14H11ClFN3S. The molecule has 0 aliphatic heterocycles. The molecule has 0 radical (unpaired) electrons. The predicted octanol–water partition coefficient (Wildman–Crippen LogP) is 4.58. The topological polar surface area (TPSA) is 37.8 Å². The number of aromatic nitrogens is 2. The van der Waals surface area contributed by atoms with Gasteiger partial charge in [0.15, 0.2) is 11.6 Å². The summed E-state index contributed by atoms with van der Waals surface area (Å²) >= 11 is 7.32. The molecule has 0 spiro atoms. The molecule has 0 bridgehead atoms. The minimum absolute atomic E-state index is 0.0716. The van der Waals surface area contributed by atoms with Gasteiger partial charge in [0.25, 0.3) is 0 Å². The second-order valence-corrected chi connectivity index (χ2v) is 5.47. The number of anilines is 1. The molecule has 0 fully saturated rings. The summed E-state index contributed by atoms with van der Waals surface area (Å²) in [5.41, 5.74) is 0.312. The van der Waals surface area contributed by atoms with Gasteiger partial charge in [0.05, 0.1) is 16.0 Å². The Kier molecular flexibility index (Phi) is 3.54. The second kappa shape index (κ2) is 5.34. The number of fused-ring (bicyclic) bond motifs is 1. The van der Waals surface area contributed by atoms with E-state index >= 15 is 0 Å². The third-order valence-electron chi connectivity index (χ3n) is 2.86. The average molecular weight is 308 g/mol. The lowest BCUT2D eigenvalue weighted by Crippen LogP contribution is -2.02. The molecule has 0 amide bonds. The van der Waals surface area contributed by atoms with Crippen LogP contribution in [0.5, 0.6) is 0 Å². The van der Waals surface area contributed by atoms with Crippen LogP contribution in [0.1, 0.15) is 6.92 Å². The van der Waals surface area contributed by atoms with Crippen LogP contribution in [0.3, 0.4) is 0 Å². The first kappa shape index (κ1) is 13.3. The minimum atomic E-state index is -0.493. The monoisotopic (exact) mass is 307 g/mol. The normalized spacial score (nSPS) is 10.9. The number of halogens is 2. The van der Waals surface area contributed by atoms with Gasteiger partial charge in [-0.15, -0.1) is 11.3 Å². The van der Waals surface area contributed by atoms with Crippen LogP contribution in [0, 0.1) is 5.82 Å². The molecule has 2 heterocycles. The maximum atomic E-state index is 14.1. The van der Waals surface area contributed by atoms with Gasteiger partial charge >= 0.3 is 0 Å². The summed E-state index contributed by atoms with van der Waals surface area (Å²) in [7, 11) is 0. The second-order valence-electron chi connectivity index (χ2n) is 4.17. The average Bonchev–Trinajstić information content (AvgIpc) is 2.90. The summed E-state index contributed by atoms with van der Waals surface area (Å²) in [6.07, 6.45) is 0. The molecule has 0 atom stereocenters. The van der Waals surface area contributed by atoms with E-state index in [1.807, 2.05) is 18.4 Å². The van der Waals surface area contributed by atoms with Crippen LogP contribution in [0.15, 0.2) is 29.6 Å². The van der Waals surface area contributed by atoms with Crippen molar-refractivity contribution >= 4 is 39.0 Å². The van der Waals surface area contributed by atoms with E-state index in [1.54, 1.807) is 12.1 Å². The van der Waals surface area contributed by atoms with E-state index in [2.05, 4.69) is 15.3 Å². The first-order chi connectivity index (χ1) is 9.70. The van der Waals surface area contributed by atoms with Gasteiger partial charge in [-0.2, -0.15) is 0 Å². The lowest BCUT2D eigenvalue weighted by Gasteiger charge is -2.08. The highest BCUT2D eigenvalue weighted by Crippen LogP contribution is 2.31. The molecule has 0 aliphatic carbocycles. The molecule has 2 aromatic heterocycles. The number of hydrogen-bond donors (Lipinski definition) is 1. The van der Waals surface area contributed by atoms with Crippen molar-refractivity contribution in [2.45, 2.75) is 6.92 Å². The maximum absolute atomic E-state index is 14.1. The van der Waals surface area contributed by atoms with Gasteiger partial charge in [0.2, 0.25) is 0 Å². The molecule has 0 saturated carbocycles. The standard InChI is InChI=1S/C14H11ClFN3S/c1-2-17-12-9-6-7-20-14(9)19-13(18-12)8-4-3-5-10(15)11(8)16/h3-7H,2H2,1H3,(H,17,18,19). The number of rotatable bonds is 3. The van der Waals surface area contributed by atoms with Gasteiger partial charge in [-0.25, -0.2) is 14.4 Å². The van der Waals surface area contributed by atoms with Crippen molar-refractivity contribution in [3.05, 3.63) is 40.5 Å².